The molecule has 33 heavy (non-hydrogen) atoms. The van der Waals surface area contributed by atoms with E-state index in [0.717, 1.165) is 29.4 Å². The molecule has 0 fully saturated rings. The number of nitrogens with two attached hydrogens (primary N) is 1. The van der Waals surface area contributed by atoms with E-state index in [1.165, 1.54) is 24.5 Å². The molecule has 0 saturated carbocycles. The molecule has 1 atom stereocenters. The summed E-state index contributed by atoms with van der Waals surface area (Å²) < 4.78 is 66.9. The van der Waals surface area contributed by atoms with Crippen molar-refractivity contribution in [2.24, 2.45) is 16.8 Å². The van der Waals surface area contributed by atoms with Gasteiger partial charge in [-0.25, -0.2) is 14.4 Å². The summed E-state index contributed by atoms with van der Waals surface area (Å²) in [6.45, 7) is 6.07. The van der Waals surface area contributed by atoms with Gasteiger partial charge in [0, 0.05) is 30.6 Å². The van der Waals surface area contributed by atoms with Crippen LogP contribution in [0.5, 0.6) is 0 Å². The highest BCUT2D eigenvalue weighted by atomic mass is 19.4. The summed E-state index contributed by atoms with van der Waals surface area (Å²) in [4.78, 5) is 15.4. The van der Waals surface area contributed by atoms with Crippen molar-refractivity contribution in [3.8, 4) is 0 Å². The molecule has 10 heteroatoms. The fourth-order valence-corrected chi connectivity index (χ4v) is 2.94. The zero-order chi connectivity index (χ0) is 24.8. The second-order valence-corrected chi connectivity index (χ2v) is 7.18. The summed E-state index contributed by atoms with van der Waals surface area (Å²) >= 11 is 0. The van der Waals surface area contributed by atoms with Crippen LogP contribution in [0.4, 0.5) is 22.0 Å². The van der Waals surface area contributed by atoms with Gasteiger partial charge >= 0.3 is 6.18 Å². The second kappa shape index (κ2) is 10.8. The quantitative estimate of drug-likeness (QED) is 0.176. The van der Waals surface area contributed by atoms with E-state index in [4.69, 9.17) is 5.73 Å². The Bertz CT molecular complexity index is 1080. The molecule has 1 amide bonds. The van der Waals surface area contributed by atoms with Gasteiger partial charge < -0.3 is 5.73 Å². The third kappa shape index (κ3) is 6.71. The predicted octanol–water partition coefficient (Wildman–Crippen LogP) is 5.43. The number of carbonyl (C=O) groups excluding carboxylic acids is 1. The first-order chi connectivity index (χ1) is 15.5. The molecule has 1 aromatic carbocycles. The van der Waals surface area contributed by atoms with Crippen LogP contribution in [0.2, 0.25) is 0 Å². The number of halogens is 5. The van der Waals surface area contributed by atoms with Gasteiger partial charge in [0.2, 0.25) is 5.95 Å². The Morgan fingerprint density at radius 1 is 1.27 bits per heavy atom. The number of hydrogen-bond acceptors (Lipinski definition) is 4. The molecule has 2 rings (SSSR count). The highest BCUT2D eigenvalue weighted by Crippen LogP contribution is 2.32. The van der Waals surface area contributed by atoms with Crippen molar-refractivity contribution in [2.75, 3.05) is 0 Å². The molecule has 2 N–H and O–H groups in total. The number of hydrogen-bond donors (Lipinski definition) is 1. The van der Waals surface area contributed by atoms with Crippen LogP contribution in [-0.4, -0.2) is 21.6 Å². The Labute approximate surface area is 188 Å². The van der Waals surface area contributed by atoms with Gasteiger partial charge in [-0.3, -0.25) is 4.79 Å². The maximum atomic E-state index is 13.5. The molecule has 0 spiro atoms. The number of alkyl halides is 4. The van der Waals surface area contributed by atoms with Gasteiger partial charge in [-0.2, -0.15) is 22.7 Å². The fraction of sp³-hybridized carbons (Fsp3) is 0.261. The van der Waals surface area contributed by atoms with Crippen molar-refractivity contribution in [3.05, 3.63) is 83.7 Å². The van der Waals surface area contributed by atoms with Crippen LogP contribution in [0.25, 0.3) is 5.57 Å². The molecular formula is C23H23F5N4O. The highest BCUT2D eigenvalue weighted by molar-refractivity contribution is 6.18. The van der Waals surface area contributed by atoms with Crippen LogP contribution in [-0.2, 0) is 17.6 Å². The third-order valence-electron chi connectivity index (χ3n) is 4.82. The number of carbonyl (C=O) groups is 1. The average molecular weight is 466 g/mol. The second-order valence-electron chi connectivity index (χ2n) is 7.18. The largest absolute Gasteiger partial charge is 0.416 e. The number of primary amides is 1. The number of hydrazone groups is 1. The molecule has 0 saturated heterocycles. The lowest BCUT2D eigenvalue weighted by Crippen LogP contribution is -2.20. The van der Waals surface area contributed by atoms with Gasteiger partial charge in [-0.15, -0.1) is 0 Å². The molecule has 0 radical (unpaired) electrons. The number of pyridine rings is 1. The molecule has 0 aliphatic rings. The van der Waals surface area contributed by atoms with Crippen molar-refractivity contribution in [2.45, 2.75) is 33.1 Å². The minimum absolute atomic E-state index is 0.0719. The summed E-state index contributed by atoms with van der Waals surface area (Å²) in [5.41, 5.74) is 4.55. The van der Waals surface area contributed by atoms with Crippen molar-refractivity contribution >= 4 is 17.2 Å². The Morgan fingerprint density at radius 2 is 1.97 bits per heavy atom. The fourth-order valence-electron chi connectivity index (χ4n) is 2.94. The van der Waals surface area contributed by atoms with Crippen molar-refractivity contribution in [1.29, 1.82) is 0 Å². The lowest BCUT2D eigenvalue weighted by Gasteiger charge is -2.20. The molecule has 0 bridgehead atoms. The minimum Gasteiger partial charge on any atom is -0.366 e. The minimum atomic E-state index is -4.68. The summed E-state index contributed by atoms with van der Waals surface area (Å²) in [5.74, 6) is -2.07. The van der Waals surface area contributed by atoms with Crippen molar-refractivity contribution in [1.82, 2.24) is 9.99 Å². The first-order valence-electron chi connectivity index (χ1n) is 9.90. The molecule has 2 aromatic rings. The van der Waals surface area contributed by atoms with Crippen LogP contribution < -0.4 is 5.73 Å². The normalized spacial score (nSPS) is 13.5. The Morgan fingerprint density at radius 3 is 2.48 bits per heavy atom. The molecule has 5 nitrogen and oxygen atoms in total. The van der Waals surface area contributed by atoms with E-state index in [0.29, 0.717) is 6.42 Å². The molecule has 1 aromatic heterocycles. The summed E-state index contributed by atoms with van der Waals surface area (Å²) in [5, 5.41) is 5.45. The van der Waals surface area contributed by atoms with E-state index in [2.05, 4.69) is 16.7 Å². The molecule has 1 unspecified atom stereocenters. The van der Waals surface area contributed by atoms with Gasteiger partial charge in [0.1, 0.15) is 6.67 Å². The van der Waals surface area contributed by atoms with E-state index in [9.17, 15) is 26.7 Å². The molecule has 176 valence electrons. The van der Waals surface area contributed by atoms with Crippen LogP contribution >= 0.6 is 0 Å². The lowest BCUT2D eigenvalue weighted by atomic mass is 9.93. The maximum Gasteiger partial charge on any atom is 0.416 e. The van der Waals surface area contributed by atoms with E-state index < -0.39 is 30.3 Å². The van der Waals surface area contributed by atoms with Gasteiger partial charge in [-0.05, 0) is 47.4 Å². The predicted molar refractivity (Wildman–Crippen MR) is 116 cm³/mol. The van der Waals surface area contributed by atoms with Gasteiger partial charge in [0.25, 0.3) is 5.91 Å². The zero-order valence-electron chi connectivity index (χ0n) is 18.0. The maximum absolute atomic E-state index is 13.5. The van der Waals surface area contributed by atoms with Crippen LogP contribution in [0.1, 0.15) is 42.5 Å². The Hall–Kier alpha value is -3.56. The monoisotopic (exact) mass is 466 g/mol. The zero-order valence-corrected chi connectivity index (χ0v) is 18.0. The molecular weight excluding hydrogens is 443 g/mol. The number of amides is 1. The van der Waals surface area contributed by atoms with Crippen LogP contribution in [0.3, 0.4) is 0 Å². The highest BCUT2D eigenvalue weighted by Gasteiger charge is 2.32. The van der Waals surface area contributed by atoms with E-state index in [1.54, 1.807) is 6.92 Å². The first-order valence-corrected chi connectivity index (χ1v) is 9.90. The molecule has 1 heterocycles. The SMILES string of the molecule is C=CN(/C=C(\C(N)=O)c1ccnc(F)c1)/N=C(/c1cc(CF)cc(C(F)(F)F)c1)C(C)CC. The smallest absolute Gasteiger partial charge is 0.366 e. The number of nitrogens with zero attached hydrogens (tertiary/aromatic N) is 3. The average Bonchev–Trinajstić information content (AvgIpc) is 2.77. The van der Waals surface area contributed by atoms with E-state index in [-0.39, 0.29) is 33.9 Å². The summed E-state index contributed by atoms with van der Waals surface area (Å²) in [6, 6.07) is 5.28. The Balaban J connectivity index is 2.66. The topological polar surface area (TPSA) is 71.6 Å². The van der Waals surface area contributed by atoms with Crippen molar-refractivity contribution < 1.29 is 26.7 Å². The Kier molecular flexibility index (Phi) is 8.44. The third-order valence-corrected chi connectivity index (χ3v) is 4.82. The number of rotatable bonds is 9. The van der Waals surface area contributed by atoms with Gasteiger partial charge in [-0.1, -0.05) is 20.4 Å². The number of aromatic nitrogens is 1. The van der Waals surface area contributed by atoms with Crippen LogP contribution in [0, 0.1) is 11.9 Å². The van der Waals surface area contributed by atoms with Crippen molar-refractivity contribution in [3.63, 3.8) is 0 Å². The standard InChI is InChI=1S/C23H23F5N4O/c1-4-14(3)21(17-8-15(12-24)9-18(10-17)23(26,27)28)31-32(5-2)13-19(22(29)33)16-6-7-30-20(25)11-16/h5-11,13-14H,2,4,12H2,1,3H3,(H2,29,33)/b19-13-,31-21+. The number of benzene rings is 1. The van der Waals surface area contributed by atoms with Crippen LogP contribution in [0.15, 0.2) is 60.6 Å². The first kappa shape index (κ1) is 25.7. The molecule has 0 aliphatic heterocycles. The van der Waals surface area contributed by atoms with Gasteiger partial charge in [0.15, 0.2) is 0 Å². The summed E-state index contributed by atoms with van der Waals surface area (Å²) in [7, 11) is 0. The lowest BCUT2D eigenvalue weighted by molar-refractivity contribution is -0.137. The van der Waals surface area contributed by atoms with Gasteiger partial charge in [0.05, 0.1) is 16.8 Å². The van der Waals surface area contributed by atoms with E-state index >= 15 is 0 Å². The molecule has 0 aliphatic carbocycles. The summed E-state index contributed by atoms with van der Waals surface area (Å²) in [6.07, 6.45) is -0.645. The van der Waals surface area contributed by atoms with E-state index in [1.807, 2.05) is 6.92 Å².